The number of aliphatic hydroxyl groups excluding tert-OH is 1. The summed E-state index contributed by atoms with van der Waals surface area (Å²) in [6.45, 7) is 1.28. The lowest BCUT2D eigenvalue weighted by atomic mass is 10.1. The molecule has 2 N–H and O–H groups in total. The number of nitrogens with zero attached hydrogens (tertiary/aromatic N) is 1. The van der Waals surface area contributed by atoms with Gasteiger partial charge in [0.1, 0.15) is 22.8 Å². The van der Waals surface area contributed by atoms with Crippen molar-refractivity contribution in [3.63, 3.8) is 0 Å². The molecule has 2 aromatic carbocycles. The van der Waals surface area contributed by atoms with Crippen molar-refractivity contribution in [1.82, 2.24) is 0 Å². The highest BCUT2D eigenvalue weighted by molar-refractivity contribution is 6.31. The Morgan fingerprint density at radius 1 is 1.18 bits per heavy atom. The molecule has 0 saturated carbocycles. The minimum atomic E-state index is -2.17. The molecule has 10 heteroatoms. The monoisotopic (exact) mass is 417 g/mol. The molecule has 5 nitrogen and oxygen atoms in total. The summed E-state index contributed by atoms with van der Waals surface area (Å²) in [7, 11) is 0. The predicted octanol–water partition coefficient (Wildman–Crippen LogP) is 4.84. The largest absolute Gasteiger partial charge is 0.506 e. The Morgan fingerprint density at radius 2 is 1.86 bits per heavy atom. The van der Waals surface area contributed by atoms with E-state index < -0.39 is 46.1 Å². The van der Waals surface area contributed by atoms with E-state index in [4.69, 9.17) is 16.3 Å². The van der Waals surface area contributed by atoms with Crippen LogP contribution in [0.3, 0.4) is 0 Å². The van der Waals surface area contributed by atoms with Gasteiger partial charge >= 0.3 is 5.97 Å². The standard InChI is InChI=1S/C18H12ClF4NO4/c1-2-28-18(27)10(7-24-12-5-8(19)3-4-13(12)25)17(26)9-6-11(20)15(22)16(23)14(9)21/h3-7,25-26H,2H2,1H3/b17-10-,24-7?. The fourth-order valence-electron chi connectivity index (χ4n) is 2.04. The van der Waals surface area contributed by atoms with E-state index in [1.807, 2.05) is 0 Å². The van der Waals surface area contributed by atoms with E-state index in [0.29, 0.717) is 6.21 Å². The lowest BCUT2D eigenvalue weighted by Crippen LogP contribution is -2.12. The van der Waals surface area contributed by atoms with Gasteiger partial charge in [-0.05, 0) is 31.2 Å². The number of aliphatic hydroxyl groups is 1. The summed E-state index contributed by atoms with van der Waals surface area (Å²) in [4.78, 5) is 15.8. The normalized spacial score (nSPS) is 12.2. The van der Waals surface area contributed by atoms with E-state index in [1.54, 1.807) is 0 Å². The third-order valence-electron chi connectivity index (χ3n) is 3.38. The molecule has 0 heterocycles. The maximum Gasteiger partial charge on any atom is 0.343 e. The molecule has 148 valence electrons. The average Bonchev–Trinajstić information content (AvgIpc) is 2.65. The quantitative estimate of drug-likeness (QED) is 0.139. The van der Waals surface area contributed by atoms with Crippen LogP contribution in [0.4, 0.5) is 23.2 Å². The van der Waals surface area contributed by atoms with Crippen molar-refractivity contribution in [2.75, 3.05) is 6.61 Å². The molecule has 0 aliphatic heterocycles. The van der Waals surface area contributed by atoms with E-state index in [0.717, 1.165) is 0 Å². The van der Waals surface area contributed by atoms with Gasteiger partial charge in [-0.2, -0.15) is 0 Å². The van der Waals surface area contributed by atoms with Gasteiger partial charge in [0.05, 0.1) is 12.2 Å². The first-order valence-corrected chi connectivity index (χ1v) is 8.01. The number of phenols is 1. The van der Waals surface area contributed by atoms with Crippen molar-refractivity contribution in [2.24, 2.45) is 4.99 Å². The number of esters is 1. The van der Waals surface area contributed by atoms with E-state index in [1.165, 1.54) is 25.1 Å². The fourth-order valence-corrected chi connectivity index (χ4v) is 2.21. The van der Waals surface area contributed by atoms with E-state index in [-0.39, 0.29) is 29.1 Å². The van der Waals surface area contributed by atoms with Crippen molar-refractivity contribution >= 4 is 35.2 Å². The van der Waals surface area contributed by atoms with Crippen LogP contribution < -0.4 is 0 Å². The van der Waals surface area contributed by atoms with Crippen LogP contribution in [0.25, 0.3) is 5.76 Å². The molecule has 0 atom stereocenters. The molecule has 0 unspecified atom stereocenters. The third kappa shape index (κ3) is 4.42. The van der Waals surface area contributed by atoms with Gasteiger partial charge < -0.3 is 14.9 Å². The van der Waals surface area contributed by atoms with Gasteiger partial charge in [-0.25, -0.2) is 22.4 Å². The molecule has 2 aromatic rings. The van der Waals surface area contributed by atoms with Crippen molar-refractivity contribution in [1.29, 1.82) is 0 Å². The molecule has 0 aliphatic carbocycles. The number of hydrogen-bond donors (Lipinski definition) is 2. The molecule has 0 aromatic heterocycles. The molecule has 0 bridgehead atoms. The summed E-state index contributed by atoms with van der Waals surface area (Å²) in [6, 6.07) is 3.94. The van der Waals surface area contributed by atoms with Crippen LogP contribution >= 0.6 is 11.6 Å². The van der Waals surface area contributed by atoms with Gasteiger partial charge in [-0.3, -0.25) is 4.99 Å². The van der Waals surface area contributed by atoms with Crippen LogP contribution in [0.2, 0.25) is 5.02 Å². The molecular weight excluding hydrogens is 406 g/mol. The number of ether oxygens (including phenoxy) is 1. The smallest absolute Gasteiger partial charge is 0.343 e. The first-order valence-electron chi connectivity index (χ1n) is 7.63. The first-order chi connectivity index (χ1) is 13.2. The number of aliphatic imine (C=N–C) groups is 1. The highest BCUT2D eigenvalue weighted by Gasteiger charge is 2.25. The Balaban J connectivity index is 2.64. The summed E-state index contributed by atoms with van der Waals surface area (Å²) in [5.74, 6) is -10.8. The lowest BCUT2D eigenvalue weighted by Gasteiger charge is -2.09. The number of halogens is 5. The Morgan fingerprint density at radius 3 is 2.50 bits per heavy atom. The summed E-state index contributed by atoms with van der Waals surface area (Å²) < 4.78 is 58.6. The van der Waals surface area contributed by atoms with Crippen LogP contribution in [-0.4, -0.2) is 29.0 Å². The zero-order chi connectivity index (χ0) is 21.0. The summed E-state index contributed by atoms with van der Waals surface area (Å²) >= 11 is 5.77. The second kappa shape index (κ2) is 8.75. The second-order valence-electron chi connectivity index (χ2n) is 5.22. The summed E-state index contributed by atoms with van der Waals surface area (Å²) in [6.07, 6.45) is 0.678. The minimum Gasteiger partial charge on any atom is -0.506 e. The van der Waals surface area contributed by atoms with Crippen LogP contribution in [0.1, 0.15) is 12.5 Å². The number of carbonyl (C=O) groups is 1. The lowest BCUT2D eigenvalue weighted by molar-refractivity contribution is -0.137. The van der Waals surface area contributed by atoms with Crippen molar-refractivity contribution in [3.05, 3.63) is 63.7 Å². The first kappa shape index (κ1) is 21.2. The maximum atomic E-state index is 14.0. The van der Waals surface area contributed by atoms with Crippen LogP contribution in [-0.2, 0) is 9.53 Å². The van der Waals surface area contributed by atoms with Crippen molar-refractivity contribution in [3.8, 4) is 5.75 Å². The molecule has 28 heavy (non-hydrogen) atoms. The summed E-state index contributed by atoms with van der Waals surface area (Å²) in [5, 5.41) is 20.1. The minimum absolute atomic E-state index is 0.126. The highest BCUT2D eigenvalue weighted by atomic mass is 35.5. The Bertz CT molecular complexity index is 992. The van der Waals surface area contributed by atoms with Crippen LogP contribution in [0.15, 0.2) is 34.8 Å². The molecule has 0 spiro atoms. The molecular formula is C18H12ClF4NO4. The Kier molecular flexibility index (Phi) is 6.63. The fraction of sp³-hybridized carbons (Fsp3) is 0.111. The third-order valence-corrected chi connectivity index (χ3v) is 3.61. The van der Waals surface area contributed by atoms with Gasteiger partial charge in [0, 0.05) is 11.2 Å². The molecule has 0 fully saturated rings. The van der Waals surface area contributed by atoms with E-state index in [2.05, 4.69) is 4.99 Å². The molecule has 0 saturated heterocycles. The number of benzene rings is 2. The van der Waals surface area contributed by atoms with Gasteiger partial charge in [0.15, 0.2) is 23.3 Å². The maximum absolute atomic E-state index is 14.0. The predicted molar refractivity (Wildman–Crippen MR) is 93.7 cm³/mol. The molecule has 2 rings (SSSR count). The van der Waals surface area contributed by atoms with Gasteiger partial charge in [-0.15, -0.1) is 0 Å². The van der Waals surface area contributed by atoms with Gasteiger partial charge in [0.25, 0.3) is 0 Å². The number of carbonyl (C=O) groups excluding carboxylic acids is 1. The Labute approximate surface area is 161 Å². The van der Waals surface area contributed by atoms with Crippen LogP contribution in [0, 0.1) is 23.3 Å². The van der Waals surface area contributed by atoms with Gasteiger partial charge in [-0.1, -0.05) is 11.6 Å². The number of phenolic OH excluding ortho intramolecular Hbond substituents is 1. The highest BCUT2D eigenvalue weighted by Crippen LogP contribution is 2.30. The second-order valence-corrected chi connectivity index (χ2v) is 5.66. The average molecular weight is 418 g/mol. The van der Waals surface area contributed by atoms with Crippen molar-refractivity contribution < 1.29 is 37.3 Å². The van der Waals surface area contributed by atoms with E-state index >= 15 is 0 Å². The van der Waals surface area contributed by atoms with Crippen LogP contribution in [0.5, 0.6) is 5.75 Å². The van der Waals surface area contributed by atoms with Crippen molar-refractivity contribution in [2.45, 2.75) is 6.92 Å². The summed E-state index contributed by atoms with van der Waals surface area (Å²) in [5.41, 5.74) is -2.05. The molecule has 0 aliphatic rings. The Hall–Kier alpha value is -3.07. The topological polar surface area (TPSA) is 79.1 Å². The zero-order valence-corrected chi connectivity index (χ0v) is 14.9. The number of rotatable bonds is 5. The SMILES string of the molecule is CCOC(=O)/C(C=Nc1cc(Cl)ccc1O)=C(\O)c1cc(F)c(F)c(F)c1F. The number of aromatic hydroxyl groups is 1. The molecule has 0 amide bonds. The number of hydrogen-bond acceptors (Lipinski definition) is 5. The molecule has 0 radical (unpaired) electrons. The zero-order valence-electron chi connectivity index (χ0n) is 14.1. The van der Waals surface area contributed by atoms with E-state index in [9.17, 15) is 32.6 Å². The van der Waals surface area contributed by atoms with Gasteiger partial charge in [0.2, 0.25) is 0 Å².